The van der Waals surface area contributed by atoms with Crippen LogP contribution in [0, 0.1) is 17.3 Å². The number of hydrogen-bond acceptors (Lipinski definition) is 10. The van der Waals surface area contributed by atoms with E-state index in [1.165, 1.54) is 12.0 Å². The minimum absolute atomic E-state index is 0.0293. The molecule has 11 nitrogen and oxygen atoms in total. The Morgan fingerprint density at radius 3 is 2.40 bits per heavy atom. The van der Waals surface area contributed by atoms with E-state index in [4.69, 9.17) is 10.5 Å². The van der Waals surface area contributed by atoms with Crippen molar-refractivity contribution in [3.63, 3.8) is 0 Å². The van der Waals surface area contributed by atoms with Crippen LogP contribution in [0.1, 0.15) is 56.2 Å². The predicted molar refractivity (Wildman–Crippen MR) is 154 cm³/mol. The number of fused-ring (bicyclic) bond motifs is 3. The number of likely N-dealkylation sites (N-methyl/N-ethyl adjacent to an activating group) is 1. The maximum absolute atomic E-state index is 14.0. The van der Waals surface area contributed by atoms with Gasteiger partial charge in [-0.2, -0.15) is 0 Å². The number of primary amides is 1. The number of aliphatic hydroxyl groups is 3. The lowest BCUT2D eigenvalue weighted by Gasteiger charge is -2.50. The Labute approximate surface area is 245 Å². The van der Waals surface area contributed by atoms with Crippen molar-refractivity contribution in [2.75, 3.05) is 34.3 Å². The number of likely N-dealkylation sites (tertiary alicyclic amines) is 1. The number of amides is 1. The normalized spacial score (nSPS) is 29.1. The van der Waals surface area contributed by atoms with Crippen molar-refractivity contribution in [3.05, 3.63) is 39.7 Å². The number of carbonyl (C=O) groups is 3. The molecule has 2 fully saturated rings. The van der Waals surface area contributed by atoms with Gasteiger partial charge in [-0.05, 0) is 70.1 Å². The van der Waals surface area contributed by atoms with Gasteiger partial charge in [0.2, 0.25) is 5.78 Å². The Balaban J connectivity index is 1.61. The zero-order valence-electron chi connectivity index (χ0n) is 24.9. The predicted octanol–water partition coefficient (Wildman–Crippen LogP) is 1.98. The SMILES string of the molecule is CCC1(CC)CCN(Cc2cc(O)c3c(c2OC)C[C@H]2C[C@H]4[C@H](N(C)C)C(=O)C(C(N)=O)=C(O)[C@@]4(O)C(=O)C2=C3O)C1. The van der Waals surface area contributed by atoms with Crippen LogP contribution >= 0.6 is 0 Å². The molecule has 3 aliphatic carbocycles. The van der Waals surface area contributed by atoms with Crippen LogP contribution in [0.3, 0.4) is 0 Å². The number of nitrogens with two attached hydrogens (primary N) is 1. The fourth-order valence-corrected chi connectivity index (χ4v) is 7.96. The summed E-state index contributed by atoms with van der Waals surface area (Å²) in [6, 6.07) is 0.415. The number of nitrogens with zero attached hydrogens (tertiary/aromatic N) is 2. The van der Waals surface area contributed by atoms with E-state index >= 15 is 0 Å². The van der Waals surface area contributed by atoms with Crippen molar-refractivity contribution in [3.8, 4) is 11.5 Å². The fraction of sp³-hybridized carbons (Fsp3) is 0.581. The first-order chi connectivity index (χ1) is 19.8. The number of aromatic hydroxyl groups is 1. The molecule has 0 radical (unpaired) electrons. The first-order valence-corrected chi connectivity index (χ1v) is 14.5. The van der Waals surface area contributed by atoms with E-state index in [-0.39, 0.29) is 35.1 Å². The second-order valence-electron chi connectivity index (χ2n) is 12.6. The van der Waals surface area contributed by atoms with Crippen molar-refractivity contribution >= 4 is 23.2 Å². The topological polar surface area (TPSA) is 174 Å². The highest BCUT2D eigenvalue weighted by Gasteiger charge is 2.64. The Hall–Kier alpha value is -3.41. The van der Waals surface area contributed by atoms with Crippen LogP contribution in [-0.2, 0) is 27.3 Å². The van der Waals surface area contributed by atoms with Gasteiger partial charge in [-0.1, -0.05) is 13.8 Å². The fourth-order valence-electron chi connectivity index (χ4n) is 7.96. The minimum Gasteiger partial charge on any atom is -0.508 e. The molecule has 1 amide bonds. The van der Waals surface area contributed by atoms with Crippen molar-refractivity contribution in [1.29, 1.82) is 0 Å². The Morgan fingerprint density at radius 2 is 1.86 bits per heavy atom. The van der Waals surface area contributed by atoms with E-state index in [1.54, 1.807) is 20.2 Å². The molecule has 6 N–H and O–H groups in total. The molecule has 0 unspecified atom stereocenters. The summed E-state index contributed by atoms with van der Waals surface area (Å²) in [5.74, 6) is -6.20. The monoisotopic (exact) mass is 583 g/mol. The molecule has 4 aliphatic rings. The van der Waals surface area contributed by atoms with Crippen molar-refractivity contribution < 1.29 is 39.5 Å². The van der Waals surface area contributed by atoms with E-state index in [0.29, 0.717) is 17.9 Å². The molecule has 0 bridgehead atoms. The Morgan fingerprint density at radius 1 is 1.19 bits per heavy atom. The second kappa shape index (κ2) is 10.4. The number of phenolic OH excluding ortho intramolecular Hbond substituents is 1. The van der Waals surface area contributed by atoms with E-state index in [9.17, 15) is 34.8 Å². The van der Waals surface area contributed by atoms with Crippen LogP contribution in [0.4, 0.5) is 0 Å². The summed E-state index contributed by atoms with van der Waals surface area (Å²) in [5.41, 5.74) is 3.30. The summed E-state index contributed by atoms with van der Waals surface area (Å²) in [5, 5.41) is 45.4. The molecule has 0 aromatic heterocycles. The van der Waals surface area contributed by atoms with Gasteiger partial charge in [0.1, 0.15) is 28.6 Å². The number of hydrogen-bond donors (Lipinski definition) is 5. The Bertz CT molecular complexity index is 1430. The summed E-state index contributed by atoms with van der Waals surface area (Å²) in [7, 11) is 4.68. The van der Waals surface area contributed by atoms with Gasteiger partial charge in [0, 0.05) is 35.7 Å². The highest BCUT2D eigenvalue weighted by Crippen LogP contribution is 2.54. The highest BCUT2D eigenvalue weighted by molar-refractivity contribution is 6.24. The molecule has 1 aromatic carbocycles. The van der Waals surface area contributed by atoms with Crippen LogP contribution in [0.15, 0.2) is 23.0 Å². The molecule has 42 heavy (non-hydrogen) atoms. The molecular formula is C31H41N3O8. The zero-order valence-corrected chi connectivity index (χ0v) is 24.9. The third kappa shape index (κ3) is 4.16. The highest BCUT2D eigenvalue weighted by atomic mass is 16.5. The average Bonchev–Trinajstić information content (AvgIpc) is 3.34. The van der Waals surface area contributed by atoms with Gasteiger partial charge in [0.25, 0.3) is 5.91 Å². The van der Waals surface area contributed by atoms with Gasteiger partial charge < -0.3 is 30.9 Å². The van der Waals surface area contributed by atoms with E-state index in [1.807, 2.05) is 0 Å². The molecule has 1 saturated heterocycles. The molecule has 1 heterocycles. The molecule has 5 rings (SSSR count). The van der Waals surface area contributed by atoms with Crippen LogP contribution in [0.25, 0.3) is 5.76 Å². The Kier molecular flexibility index (Phi) is 7.44. The number of Topliss-reactive ketones (excluding diaryl/α,β-unsaturated/α-hetero) is 2. The number of methoxy groups -OCH3 is 1. The van der Waals surface area contributed by atoms with Gasteiger partial charge in [0.05, 0.1) is 18.7 Å². The second-order valence-corrected chi connectivity index (χ2v) is 12.6. The summed E-state index contributed by atoms with van der Waals surface area (Å²) >= 11 is 0. The van der Waals surface area contributed by atoms with Gasteiger partial charge in [-0.15, -0.1) is 0 Å². The van der Waals surface area contributed by atoms with Gasteiger partial charge in [0.15, 0.2) is 11.4 Å². The molecule has 0 spiro atoms. The molecular weight excluding hydrogens is 542 g/mol. The smallest absolute Gasteiger partial charge is 0.255 e. The van der Waals surface area contributed by atoms with Crippen molar-refractivity contribution in [1.82, 2.24) is 9.80 Å². The summed E-state index contributed by atoms with van der Waals surface area (Å²) < 4.78 is 5.86. The molecule has 1 saturated carbocycles. The third-order valence-corrected chi connectivity index (χ3v) is 10.4. The molecule has 1 aromatic rings. The number of ether oxygens (including phenoxy) is 1. The standard InChI is InChI=1S/C31H41N3O8/c1-6-30(7-2)8-9-34(14-30)13-16-12-19(35)21-17(26(16)42-5)10-15-11-18-23(33(3)4)25(37)22(29(32)40)28(39)31(18,41)27(38)20(15)24(21)36/h12,15,18,23,35-36,39,41H,6-11,13-14H2,1-5H3,(H2,32,40)/t15-,18-,23-,31-/m0/s1. The largest absolute Gasteiger partial charge is 0.508 e. The van der Waals surface area contributed by atoms with E-state index < -0.39 is 58.0 Å². The molecule has 11 heteroatoms. The van der Waals surface area contributed by atoms with Crippen LogP contribution < -0.4 is 10.5 Å². The van der Waals surface area contributed by atoms with E-state index in [0.717, 1.165) is 37.9 Å². The average molecular weight is 584 g/mol. The maximum atomic E-state index is 14.0. The number of ketones is 2. The number of phenols is 1. The number of rotatable bonds is 7. The van der Waals surface area contributed by atoms with Crippen molar-refractivity contribution in [2.45, 2.75) is 64.1 Å². The van der Waals surface area contributed by atoms with Gasteiger partial charge >= 0.3 is 0 Å². The quantitative estimate of drug-likeness (QED) is 0.299. The lowest BCUT2D eigenvalue weighted by molar-refractivity contribution is -0.153. The summed E-state index contributed by atoms with van der Waals surface area (Å²) in [6.45, 7) is 6.81. The minimum atomic E-state index is -2.66. The van der Waals surface area contributed by atoms with Crippen molar-refractivity contribution in [2.24, 2.45) is 23.0 Å². The molecule has 1 aliphatic heterocycles. The number of aliphatic hydroxyl groups excluding tert-OH is 2. The lowest BCUT2D eigenvalue weighted by atomic mass is 9.57. The van der Waals surface area contributed by atoms with Crippen LogP contribution in [0.2, 0.25) is 0 Å². The lowest BCUT2D eigenvalue weighted by Crippen LogP contribution is -2.65. The third-order valence-electron chi connectivity index (χ3n) is 10.4. The van der Waals surface area contributed by atoms with Gasteiger partial charge in [-0.3, -0.25) is 24.2 Å². The molecule has 228 valence electrons. The summed E-state index contributed by atoms with van der Waals surface area (Å²) in [6.07, 6.45) is 3.47. The maximum Gasteiger partial charge on any atom is 0.255 e. The van der Waals surface area contributed by atoms with E-state index in [2.05, 4.69) is 18.7 Å². The van der Waals surface area contributed by atoms with Crippen LogP contribution in [0.5, 0.6) is 11.5 Å². The van der Waals surface area contributed by atoms with Crippen LogP contribution in [-0.4, -0.2) is 93.6 Å². The number of benzene rings is 1. The zero-order chi connectivity index (χ0) is 30.9. The van der Waals surface area contributed by atoms with Gasteiger partial charge in [-0.25, -0.2) is 0 Å². The first-order valence-electron chi connectivity index (χ1n) is 14.5. The first kappa shape index (κ1) is 30.1. The summed E-state index contributed by atoms with van der Waals surface area (Å²) in [4.78, 5) is 43.3. The number of carbonyl (C=O) groups excluding carboxylic acids is 3. The molecule has 4 atom stereocenters.